The van der Waals surface area contributed by atoms with E-state index in [-0.39, 0.29) is 0 Å². The van der Waals surface area contributed by atoms with Crippen LogP contribution < -0.4 is 10.1 Å². The molecule has 33 heavy (non-hydrogen) atoms. The second kappa shape index (κ2) is 10.2. The van der Waals surface area contributed by atoms with Crippen LogP contribution in [-0.2, 0) is 14.3 Å². The predicted molar refractivity (Wildman–Crippen MR) is 128 cm³/mol. The fraction of sp³-hybridized carbons (Fsp3) is 0.0741. The first kappa shape index (κ1) is 21.8. The molecule has 1 N–H and O–H groups in total. The van der Waals surface area contributed by atoms with Gasteiger partial charge in [-0.15, -0.1) is 0 Å². The van der Waals surface area contributed by atoms with Gasteiger partial charge in [-0.1, -0.05) is 60.7 Å². The monoisotopic (exact) mass is 438 g/mol. The van der Waals surface area contributed by atoms with Crippen molar-refractivity contribution in [3.8, 4) is 5.75 Å². The summed E-state index contributed by atoms with van der Waals surface area (Å²) in [5.74, 6) is -0.506. The van der Waals surface area contributed by atoms with E-state index in [0.717, 1.165) is 16.5 Å². The SMILES string of the molecule is COc1cccc(NC(=O)C(OC(=O)/C=C/c2cccc3cccnc23)c2ccccc2)c1. The number of carbonyl (C=O) groups is 2. The van der Waals surface area contributed by atoms with Crippen molar-refractivity contribution in [3.05, 3.63) is 108 Å². The van der Waals surface area contributed by atoms with Gasteiger partial charge in [0.05, 0.1) is 12.6 Å². The van der Waals surface area contributed by atoms with E-state index in [4.69, 9.17) is 9.47 Å². The van der Waals surface area contributed by atoms with Crippen molar-refractivity contribution < 1.29 is 19.1 Å². The minimum atomic E-state index is -1.12. The number of amides is 1. The molecule has 0 saturated heterocycles. The fourth-order valence-electron chi connectivity index (χ4n) is 3.38. The average molecular weight is 438 g/mol. The van der Waals surface area contributed by atoms with Gasteiger partial charge in [-0.3, -0.25) is 9.78 Å². The van der Waals surface area contributed by atoms with E-state index in [9.17, 15) is 9.59 Å². The zero-order chi connectivity index (χ0) is 23.0. The number of nitrogens with one attached hydrogen (secondary N) is 1. The predicted octanol–water partition coefficient (Wildman–Crippen LogP) is 5.18. The van der Waals surface area contributed by atoms with Crippen molar-refractivity contribution in [2.45, 2.75) is 6.10 Å². The minimum Gasteiger partial charge on any atom is -0.497 e. The number of nitrogens with zero attached hydrogens (tertiary/aromatic N) is 1. The maximum absolute atomic E-state index is 13.0. The van der Waals surface area contributed by atoms with Gasteiger partial charge in [0, 0.05) is 40.5 Å². The average Bonchev–Trinajstić information content (AvgIpc) is 2.86. The maximum atomic E-state index is 13.0. The molecule has 0 fully saturated rings. The molecule has 0 aliphatic heterocycles. The number of ether oxygens (including phenoxy) is 2. The molecule has 0 aliphatic carbocycles. The molecule has 0 radical (unpaired) electrons. The van der Waals surface area contributed by atoms with Crippen molar-refractivity contribution in [2.24, 2.45) is 0 Å². The third kappa shape index (κ3) is 5.43. The molecule has 0 saturated carbocycles. The van der Waals surface area contributed by atoms with Crippen LogP contribution in [0.25, 0.3) is 17.0 Å². The summed E-state index contributed by atoms with van der Waals surface area (Å²) in [5, 5.41) is 3.75. The van der Waals surface area contributed by atoms with Crippen molar-refractivity contribution in [1.29, 1.82) is 0 Å². The van der Waals surface area contributed by atoms with Crippen LogP contribution in [0.1, 0.15) is 17.2 Å². The van der Waals surface area contributed by atoms with Crippen molar-refractivity contribution in [3.63, 3.8) is 0 Å². The summed E-state index contributed by atoms with van der Waals surface area (Å²) in [4.78, 5) is 30.1. The Morgan fingerprint density at radius 2 is 1.73 bits per heavy atom. The van der Waals surface area contributed by atoms with Gasteiger partial charge < -0.3 is 14.8 Å². The van der Waals surface area contributed by atoms with Crippen LogP contribution in [0.2, 0.25) is 0 Å². The van der Waals surface area contributed by atoms with Gasteiger partial charge in [-0.2, -0.15) is 0 Å². The quantitative estimate of drug-likeness (QED) is 0.318. The Morgan fingerprint density at radius 1 is 0.939 bits per heavy atom. The lowest BCUT2D eigenvalue weighted by Crippen LogP contribution is -2.25. The molecule has 3 aromatic carbocycles. The summed E-state index contributed by atoms with van der Waals surface area (Å²) in [6, 6.07) is 25.3. The number of carbonyl (C=O) groups excluding carboxylic acids is 2. The third-order valence-electron chi connectivity index (χ3n) is 4.97. The number of para-hydroxylation sites is 1. The number of hydrogen-bond donors (Lipinski definition) is 1. The van der Waals surface area contributed by atoms with Gasteiger partial charge in [0.15, 0.2) is 0 Å². The highest BCUT2D eigenvalue weighted by Gasteiger charge is 2.24. The summed E-state index contributed by atoms with van der Waals surface area (Å²) in [6.07, 6.45) is 3.52. The molecule has 4 aromatic rings. The molecular weight excluding hydrogens is 416 g/mol. The molecule has 4 rings (SSSR count). The lowest BCUT2D eigenvalue weighted by molar-refractivity contribution is -0.149. The van der Waals surface area contributed by atoms with Crippen LogP contribution in [0.15, 0.2) is 97.2 Å². The zero-order valence-corrected chi connectivity index (χ0v) is 18.0. The first-order valence-electron chi connectivity index (χ1n) is 10.4. The van der Waals surface area contributed by atoms with Crippen molar-refractivity contribution in [2.75, 3.05) is 12.4 Å². The Bertz CT molecular complexity index is 1300. The van der Waals surface area contributed by atoms with E-state index in [1.54, 1.807) is 67.9 Å². The number of esters is 1. The molecule has 1 aromatic heterocycles. The number of anilines is 1. The third-order valence-corrected chi connectivity index (χ3v) is 4.97. The Balaban J connectivity index is 1.54. The van der Waals surface area contributed by atoms with Crippen LogP contribution in [-0.4, -0.2) is 24.0 Å². The van der Waals surface area contributed by atoms with E-state index in [1.165, 1.54) is 6.08 Å². The molecule has 164 valence electrons. The van der Waals surface area contributed by atoms with Crippen LogP contribution >= 0.6 is 0 Å². The molecule has 1 atom stereocenters. The first-order chi connectivity index (χ1) is 16.1. The lowest BCUT2D eigenvalue weighted by atomic mass is 10.1. The molecule has 0 bridgehead atoms. The summed E-state index contributed by atoms with van der Waals surface area (Å²) in [7, 11) is 1.55. The van der Waals surface area contributed by atoms with Gasteiger partial charge in [0.1, 0.15) is 5.75 Å². The van der Waals surface area contributed by atoms with Gasteiger partial charge in [-0.25, -0.2) is 4.79 Å². The molecule has 6 heteroatoms. The molecule has 1 amide bonds. The number of aromatic nitrogens is 1. The summed E-state index contributed by atoms with van der Waals surface area (Å²) < 4.78 is 10.8. The number of benzene rings is 3. The number of rotatable bonds is 7. The van der Waals surface area contributed by atoms with Crippen molar-refractivity contribution >= 4 is 34.5 Å². The van der Waals surface area contributed by atoms with Gasteiger partial charge in [0.25, 0.3) is 5.91 Å². The molecule has 1 unspecified atom stereocenters. The molecule has 0 spiro atoms. The van der Waals surface area contributed by atoms with Gasteiger partial charge in [0.2, 0.25) is 6.10 Å². The molecule has 0 aliphatic rings. The second-order valence-electron chi connectivity index (χ2n) is 7.20. The van der Waals surface area contributed by atoms with E-state index in [2.05, 4.69) is 10.3 Å². The molecular formula is C27H22N2O4. The molecule has 6 nitrogen and oxygen atoms in total. The number of hydrogen-bond acceptors (Lipinski definition) is 5. The van der Waals surface area contributed by atoms with Crippen LogP contribution in [0.3, 0.4) is 0 Å². The van der Waals surface area contributed by atoms with E-state index >= 15 is 0 Å². The topological polar surface area (TPSA) is 77.5 Å². The van der Waals surface area contributed by atoms with E-state index < -0.39 is 18.0 Å². The Morgan fingerprint density at radius 3 is 2.55 bits per heavy atom. The number of methoxy groups -OCH3 is 1. The lowest BCUT2D eigenvalue weighted by Gasteiger charge is -2.17. The highest BCUT2D eigenvalue weighted by Crippen LogP contribution is 2.23. The van der Waals surface area contributed by atoms with Crippen LogP contribution in [0.5, 0.6) is 5.75 Å². The Kier molecular flexibility index (Phi) is 6.75. The summed E-state index contributed by atoms with van der Waals surface area (Å²) in [5.41, 5.74) is 2.65. The largest absolute Gasteiger partial charge is 0.497 e. The molecule has 1 heterocycles. The highest BCUT2D eigenvalue weighted by molar-refractivity contribution is 5.98. The zero-order valence-electron chi connectivity index (χ0n) is 18.0. The number of fused-ring (bicyclic) bond motifs is 1. The van der Waals surface area contributed by atoms with Crippen LogP contribution in [0.4, 0.5) is 5.69 Å². The first-order valence-corrected chi connectivity index (χ1v) is 10.4. The number of pyridine rings is 1. The van der Waals surface area contributed by atoms with Crippen LogP contribution in [0, 0.1) is 0 Å². The smallest absolute Gasteiger partial charge is 0.331 e. The fourth-order valence-corrected chi connectivity index (χ4v) is 3.38. The second-order valence-corrected chi connectivity index (χ2v) is 7.20. The van der Waals surface area contributed by atoms with Gasteiger partial charge in [-0.05, 0) is 24.3 Å². The van der Waals surface area contributed by atoms with E-state index in [0.29, 0.717) is 17.0 Å². The standard InChI is InChI=1S/C27H22N2O4/c1-32-23-14-6-13-22(18-23)29-27(31)26(21-8-3-2-4-9-21)33-24(30)16-15-20-11-5-10-19-12-7-17-28-25(19)20/h2-18,26H,1H3,(H,29,31)/b16-15+. The summed E-state index contributed by atoms with van der Waals surface area (Å²) >= 11 is 0. The van der Waals surface area contributed by atoms with E-state index in [1.807, 2.05) is 36.4 Å². The summed E-state index contributed by atoms with van der Waals surface area (Å²) in [6.45, 7) is 0. The normalized spacial score (nSPS) is 11.8. The Hall–Kier alpha value is -4.45. The highest BCUT2D eigenvalue weighted by atomic mass is 16.5. The van der Waals surface area contributed by atoms with Gasteiger partial charge >= 0.3 is 5.97 Å². The maximum Gasteiger partial charge on any atom is 0.331 e. The minimum absolute atomic E-state index is 0.469. The Labute approximate surface area is 191 Å². The van der Waals surface area contributed by atoms with Crippen molar-refractivity contribution in [1.82, 2.24) is 4.98 Å².